The molecule has 0 bridgehead atoms. The highest BCUT2D eigenvalue weighted by Gasteiger charge is 2.28. The number of ether oxygens (including phenoxy) is 2. The van der Waals surface area contributed by atoms with Gasteiger partial charge in [-0.1, -0.05) is 0 Å². The van der Waals surface area contributed by atoms with E-state index in [1.54, 1.807) is 0 Å². The molecule has 8 heteroatoms. The number of rotatable bonds is 3. The molecule has 0 saturated carbocycles. The molecule has 0 aliphatic carbocycles. The van der Waals surface area contributed by atoms with Crippen LogP contribution in [0.25, 0.3) is 0 Å². The summed E-state index contributed by atoms with van der Waals surface area (Å²) in [5, 5.41) is 0. The molecular formula is C7H7F3N2O3. The summed E-state index contributed by atoms with van der Waals surface area (Å²) in [6, 6.07) is 0. The minimum absolute atomic E-state index is 0.476. The molecule has 5 nitrogen and oxygen atoms in total. The van der Waals surface area contributed by atoms with Crippen LogP contribution in [0, 0.1) is 0 Å². The van der Waals surface area contributed by atoms with E-state index in [-0.39, 0.29) is 0 Å². The topological polar surface area (TPSA) is 53.4 Å². The number of aromatic nitrogens is 2. The summed E-state index contributed by atoms with van der Waals surface area (Å²) in [7, 11) is 0. The van der Waals surface area contributed by atoms with Gasteiger partial charge >= 0.3 is 12.5 Å². The highest BCUT2D eigenvalue weighted by atomic mass is 19.4. The summed E-state index contributed by atoms with van der Waals surface area (Å²) in [5.74, 6) is 0. The molecule has 1 aromatic heterocycles. The zero-order valence-electron chi connectivity index (χ0n) is 7.40. The van der Waals surface area contributed by atoms with E-state index in [4.69, 9.17) is 0 Å². The van der Waals surface area contributed by atoms with E-state index in [9.17, 15) is 18.0 Å². The number of hydrogen-bond acceptors (Lipinski definition) is 4. The van der Waals surface area contributed by atoms with E-state index < -0.39 is 25.7 Å². The van der Waals surface area contributed by atoms with E-state index in [1.807, 2.05) is 0 Å². The van der Waals surface area contributed by atoms with Gasteiger partial charge in [0.15, 0.2) is 0 Å². The maximum absolute atomic E-state index is 11.5. The van der Waals surface area contributed by atoms with Gasteiger partial charge in [0.2, 0.25) is 0 Å². The van der Waals surface area contributed by atoms with Crippen LogP contribution < -0.4 is 0 Å². The molecule has 15 heavy (non-hydrogen) atoms. The monoisotopic (exact) mass is 224 g/mol. The van der Waals surface area contributed by atoms with Crippen molar-refractivity contribution in [1.29, 1.82) is 0 Å². The third-order valence-corrected chi connectivity index (χ3v) is 1.29. The van der Waals surface area contributed by atoms with Crippen molar-refractivity contribution in [2.45, 2.75) is 6.36 Å². The van der Waals surface area contributed by atoms with Crippen LogP contribution in [-0.4, -0.2) is 35.2 Å². The predicted molar refractivity (Wildman–Crippen MR) is 41.0 cm³/mol. The molecule has 1 rings (SSSR count). The first-order chi connectivity index (χ1) is 6.99. The zero-order chi connectivity index (χ0) is 11.3. The summed E-state index contributed by atoms with van der Waals surface area (Å²) in [6.45, 7) is -1.21. The van der Waals surface area contributed by atoms with Gasteiger partial charge in [-0.25, -0.2) is 14.3 Å². The van der Waals surface area contributed by atoms with Crippen LogP contribution in [-0.2, 0) is 9.47 Å². The largest absolute Gasteiger partial charge is 0.522 e. The Bertz CT molecular complexity index is 310. The number of carbonyl (C=O) groups excluding carboxylic acids is 1. The molecule has 0 spiro atoms. The second-order valence-electron chi connectivity index (χ2n) is 2.38. The van der Waals surface area contributed by atoms with E-state index in [0.717, 1.165) is 4.57 Å². The summed E-state index contributed by atoms with van der Waals surface area (Å²) in [4.78, 5) is 14.6. The second kappa shape index (κ2) is 4.78. The van der Waals surface area contributed by atoms with Crippen LogP contribution >= 0.6 is 0 Å². The smallest absolute Gasteiger partial charge is 0.446 e. The van der Waals surface area contributed by atoms with Gasteiger partial charge in [0, 0.05) is 12.4 Å². The Labute approximate surface area is 82.4 Å². The average Bonchev–Trinajstić information content (AvgIpc) is 2.63. The van der Waals surface area contributed by atoms with Gasteiger partial charge in [-0.2, -0.15) is 0 Å². The van der Waals surface area contributed by atoms with Crippen LogP contribution in [0.1, 0.15) is 0 Å². The first kappa shape index (κ1) is 11.5. The van der Waals surface area contributed by atoms with Gasteiger partial charge < -0.3 is 4.74 Å². The van der Waals surface area contributed by atoms with Crippen LogP contribution in [0.15, 0.2) is 18.7 Å². The maximum atomic E-state index is 11.5. The molecule has 0 saturated heterocycles. The van der Waals surface area contributed by atoms with Gasteiger partial charge in [0.1, 0.15) is 12.9 Å². The summed E-state index contributed by atoms with van der Waals surface area (Å²) in [5.41, 5.74) is 0. The maximum Gasteiger partial charge on any atom is 0.522 e. The molecule has 0 unspecified atom stereocenters. The molecule has 0 N–H and O–H groups in total. The van der Waals surface area contributed by atoms with Crippen LogP contribution in [0.5, 0.6) is 0 Å². The number of imidazole rings is 1. The molecule has 0 aliphatic rings. The van der Waals surface area contributed by atoms with E-state index in [0.29, 0.717) is 0 Å². The highest BCUT2D eigenvalue weighted by Crippen LogP contribution is 2.15. The molecule has 0 atom stereocenters. The van der Waals surface area contributed by atoms with Crippen LogP contribution in [0.3, 0.4) is 0 Å². The average molecular weight is 224 g/mol. The molecule has 0 aliphatic heterocycles. The second-order valence-corrected chi connectivity index (χ2v) is 2.38. The van der Waals surface area contributed by atoms with Gasteiger partial charge in [-0.15, -0.1) is 13.2 Å². The number of nitrogens with zero attached hydrogens (tertiary/aromatic N) is 2. The number of alkyl halides is 3. The SMILES string of the molecule is O=C(OCCOC(F)(F)F)n1ccnc1. The fourth-order valence-corrected chi connectivity index (χ4v) is 0.728. The van der Waals surface area contributed by atoms with Crippen molar-refractivity contribution in [3.8, 4) is 0 Å². The molecular weight excluding hydrogens is 217 g/mol. The quantitative estimate of drug-likeness (QED) is 0.728. The Morgan fingerprint density at radius 2 is 2.13 bits per heavy atom. The number of halogens is 3. The highest BCUT2D eigenvalue weighted by molar-refractivity contribution is 5.69. The van der Waals surface area contributed by atoms with Crippen molar-refractivity contribution in [2.24, 2.45) is 0 Å². The Kier molecular flexibility index (Phi) is 3.67. The standard InChI is InChI=1S/C7H7F3N2O3/c8-7(9,10)15-4-3-14-6(13)12-2-1-11-5-12/h1-2,5H,3-4H2. The Hall–Kier alpha value is -1.57. The Morgan fingerprint density at radius 3 is 2.67 bits per heavy atom. The lowest BCUT2D eigenvalue weighted by Gasteiger charge is -2.07. The lowest BCUT2D eigenvalue weighted by atomic mass is 10.8. The summed E-state index contributed by atoms with van der Waals surface area (Å²) < 4.78 is 43.3. The molecule has 1 aromatic rings. The van der Waals surface area contributed by atoms with Crippen molar-refractivity contribution in [2.75, 3.05) is 13.2 Å². The first-order valence-corrected chi connectivity index (χ1v) is 3.85. The van der Waals surface area contributed by atoms with E-state index in [2.05, 4.69) is 14.5 Å². The minimum atomic E-state index is -4.71. The summed E-state index contributed by atoms with van der Waals surface area (Å²) in [6.07, 6.45) is -1.69. The van der Waals surface area contributed by atoms with Crippen molar-refractivity contribution in [3.05, 3.63) is 18.7 Å². The van der Waals surface area contributed by atoms with Gasteiger partial charge in [0.05, 0.1) is 6.61 Å². The molecule has 0 fully saturated rings. The number of carbonyl (C=O) groups is 1. The normalized spacial score (nSPS) is 11.4. The van der Waals surface area contributed by atoms with Crippen molar-refractivity contribution < 1.29 is 27.4 Å². The number of hydrogen-bond donors (Lipinski definition) is 0. The minimum Gasteiger partial charge on any atom is -0.446 e. The third kappa shape index (κ3) is 4.45. The fourth-order valence-electron chi connectivity index (χ4n) is 0.728. The lowest BCUT2D eigenvalue weighted by Crippen LogP contribution is -2.20. The Balaban J connectivity index is 2.19. The molecule has 0 aromatic carbocycles. The lowest BCUT2D eigenvalue weighted by molar-refractivity contribution is -0.326. The van der Waals surface area contributed by atoms with Gasteiger partial charge in [0.25, 0.3) is 0 Å². The molecule has 84 valence electrons. The molecule has 0 radical (unpaired) electrons. The van der Waals surface area contributed by atoms with Crippen molar-refractivity contribution in [1.82, 2.24) is 9.55 Å². The van der Waals surface area contributed by atoms with E-state index >= 15 is 0 Å². The fraction of sp³-hybridized carbons (Fsp3) is 0.429. The van der Waals surface area contributed by atoms with Crippen LogP contribution in [0.4, 0.5) is 18.0 Å². The molecule has 0 amide bonds. The van der Waals surface area contributed by atoms with Crippen LogP contribution in [0.2, 0.25) is 0 Å². The Morgan fingerprint density at radius 1 is 1.40 bits per heavy atom. The van der Waals surface area contributed by atoms with Gasteiger partial charge in [-0.05, 0) is 0 Å². The predicted octanol–water partition coefficient (Wildman–Crippen LogP) is 1.40. The van der Waals surface area contributed by atoms with Crippen molar-refractivity contribution >= 4 is 6.09 Å². The molecule has 1 heterocycles. The zero-order valence-corrected chi connectivity index (χ0v) is 7.40. The summed E-state index contributed by atoms with van der Waals surface area (Å²) >= 11 is 0. The first-order valence-electron chi connectivity index (χ1n) is 3.85. The van der Waals surface area contributed by atoms with E-state index in [1.165, 1.54) is 18.7 Å². The third-order valence-electron chi connectivity index (χ3n) is 1.29. The van der Waals surface area contributed by atoms with Crippen molar-refractivity contribution in [3.63, 3.8) is 0 Å². The van der Waals surface area contributed by atoms with Gasteiger partial charge in [-0.3, -0.25) is 4.74 Å².